The van der Waals surface area contributed by atoms with E-state index in [9.17, 15) is 9.90 Å². The number of aromatic hydroxyl groups is 1. The first-order valence-electron chi connectivity index (χ1n) is 6.15. The zero-order chi connectivity index (χ0) is 14.5. The van der Waals surface area contributed by atoms with Crippen LogP contribution in [0.5, 0.6) is 5.75 Å². The summed E-state index contributed by atoms with van der Waals surface area (Å²) in [6.45, 7) is 1.86. The van der Waals surface area contributed by atoms with Crippen molar-refractivity contribution in [3.63, 3.8) is 0 Å². The first-order chi connectivity index (χ1) is 9.54. The normalized spacial score (nSPS) is 12.1. The SMILES string of the molecule is Cc1nc(CNC(=O)C(N)Cc2ccc(O)cc2)no1. The van der Waals surface area contributed by atoms with E-state index < -0.39 is 6.04 Å². The van der Waals surface area contributed by atoms with Crippen LogP contribution >= 0.6 is 0 Å². The molecule has 20 heavy (non-hydrogen) atoms. The molecule has 1 atom stereocenters. The van der Waals surface area contributed by atoms with Gasteiger partial charge in [-0.3, -0.25) is 4.79 Å². The second-order valence-electron chi connectivity index (χ2n) is 4.42. The number of hydrogen-bond acceptors (Lipinski definition) is 6. The molecule has 1 heterocycles. The minimum Gasteiger partial charge on any atom is -0.508 e. The highest BCUT2D eigenvalue weighted by atomic mass is 16.5. The minimum absolute atomic E-state index is 0.180. The molecule has 1 aromatic carbocycles. The average Bonchev–Trinajstić information content (AvgIpc) is 2.84. The zero-order valence-electron chi connectivity index (χ0n) is 11.0. The highest BCUT2D eigenvalue weighted by molar-refractivity contribution is 5.81. The lowest BCUT2D eigenvalue weighted by Crippen LogP contribution is -2.41. The van der Waals surface area contributed by atoms with E-state index in [4.69, 9.17) is 10.3 Å². The number of nitrogens with zero attached hydrogens (tertiary/aromatic N) is 2. The van der Waals surface area contributed by atoms with Crippen molar-refractivity contribution in [1.29, 1.82) is 0 Å². The Balaban J connectivity index is 1.84. The van der Waals surface area contributed by atoms with Gasteiger partial charge in [0.1, 0.15) is 5.75 Å². The number of phenolic OH excluding ortho intramolecular Hbond substituents is 1. The Morgan fingerprint density at radius 1 is 1.45 bits per heavy atom. The van der Waals surface area contributed by atoms with Gasteiger partial charge in [0.05, 0.1) is 12.6 Å². The van der Waals surface area contributed by atoms with E-state index in [-0.39, 0.29) is 18.2 Å². The van der Waals surface area contributed by atoms with Gasteiger partial charge < -0.3 is 20.7 Å². The van der Waals surface area contributed by atoms with Crippen LogP contribution in [0.15, 0.2) is 28.8 Å². The number of phenols is 1. The monoisotopic (exact) mass is 276 g/mol. The van der Waals surface area contributed by atoms with Crippen molar-refractivity contribution in [3.05, 3.63) is 41.5 Å². The maximum Gasteiger partial charge on any atom is 0.237 e. The van der Waals surface area contributed by atoms with Gasteiger partial charge in [0.2, 0.25) is 11.8 Å². The molecule has 0 aliphatic rings. The van der Waals surface area contributed by atoms with Gasteiger partial charge in [-0.15, -0.1) is 0 Å². The van der Waals surface area contributed by atoms with Gasteiger partial charge >= 0.3 is 0 Å². The van der Waals surface area contributed by atoms with Crippen molar-refractivity contribution in [2.24, 2.45) is 5.73 Å². The van der Waals surface area contributed by atoms with Crippen molar-refractivity contribution in [2.75, 3.05) is 0 Å². The van der Waals surface area contributed by atoms with Crippen LogP contribution < -0.4 is 11.1 Å². The van der Waals surface area contributed by atoms with E-state index in [0.29, 0.717) is 18.1 Å². The Labute approximate surface area is 115 Å². The van der Waals surface area contributed by atoms with E-state index in [0.717, 1.165) is 5.56 Å². The molecule has 0 spiro atoms. The summed E-state index contributed by atoms with van der Waals surface area (Å²) in [7, 11) is 0. The van der Waals surface area contributed by atoms with Crippen LogP contribution in [0.25, 0.3) is 0 Å². The molecule has 106 valence electrons. The molecule has 1 aromatic heterocycles. The molecule has 0 saturated heterocycles. The van der Waals surface area contributed by atoms with Gasteiger partial charge in [-0.2, -0.15) is 4.98 Å². The first kappa shape index (κ1) is 14.0. The summed E-state index contributed by atoms with van der Waals surface area (Å²) in [5.41, 5.74) is 6.69. The summed E-state index contributed by atoms with van der Waals surface area (Å²) in [5.74, 6) is 0.745. The van der Waals surface area contributed by atoms with Crippen molar-refractivity contribution in [2.45, 2.75) is 25.9 Å². The fraction of sp³-hybridized carbons (Fsp3) is 0.308. The van der Waals surface area contributed by atoms with E-state index in [1.54, 1.807) is 31.2 Å². The molecule has 0 aliphatic carbocycles. The number of carbonyl (C=O) groups excluding carboxylic acids is 1. The van der Waals surface area contributed by atoms with Crippen LogP contribution in [0.4, 0.5) is 0 Å². The van der Waals surface area contributed by atoms with Crippen molar-refractivity contribution < 1.29 is 14.4 Å². The molecule has 1 amide bonds. The number of nitrogens with two attached hydrogens (primary N) is 1. The number of benzene rings is 1. The molecule has 0 fully saturated rings. The minimum atomic E-state index is -0.674. The number of aryl methyl sites for hydroxylation is 1. The van der Waals surface area contributed by atoms with Gasteiger partial charge in [-0.05, 0) is 24.1 Å². The fourth-order valence-corrected chi connectivity index (χ4v) is 1.69. The molecular weight excluding hydrogens is 260 g/mol. The number of amides is 1. The molecule has 2 aromatic rings. The summed E-state index contributed by atoms with van der Waals surface area (Å²) in [6.07, 6.45) is 0.386. The third-order valence-corrected chi connectivity index (χ3v) is 2.72. The molecule has 0 aliphatic heterocycles. The Morgan fingerprint density at radius 2 is 2.15 bits per heavy atom. The lowest BCUT2D eigenvalue weighted by atomic mass is 10.1. The Morgan fingerprint density at radius 3 is 2.75 bits per heavy atom. The van der Waals surface area contributed by atoms with Crippen LogP contribution in [0, 0.1) is 6.92 Å². The number of rotatable bonds is 5. The Bertz CT molecular complexity index is 580. The summed E-state index contributed by atoms with van der Waals surface area (Å²) < 4.78 is 4.80. The first-order valence-corrected chi connectivity index (χ1v) is 6.15. The number of aromatic nitrogens is 2. The summed E-state index contributed by atoms with van der Waals surface area (Å²) in [4.78, 5) is 15.8. The molecule has 0 bridgehead atoms. The molecular formula is C13H16N4O3. The van der Waals surface area contributed by atoms with E-state index in [2.05, 4.69) is 15.5 Å². The van der Waals surface area contributed by atoms with Gasteiger partial charge in [-0.25, -0.2) is 0 Å². The summed E-state index contributed by atoms with van der Waals surface area (Å²) in [6, 6.07) is 5.90. The lowest BCUT2D eigenvalue weighted by molar-refractivity contribution is -0.122. The Hall–Kier alpha value is -2.41. The third-order valence-electron chi connectivity index (χ3n) is 2.72. The largest absolute Gasteiger partial charge is 0.508 e. The van der Waals surface area contributed by atoms with Crippen LogP contribution in [0.2, 0.25) is 0 Å². The smallest absolute Gasteiger partial charge is 0.237 e. The number of carbonyl (C=O) groups is 1. The molecule has 1 unspecified atom stereocenters. The second-order valence-corrected chi connectivity index (χ2v) is 4.42. The molecule has 0 radical (unpaired) electrons. The van der Waals surface area contributed by atoms with E-state index in [1.807, 2.05) is 0 Å². The van der Waals surface area contributed by atoms with E-state index in [1.165, 1.54) is 0 Å². The highest BCUT2D eigenvalue weighted by Crippen LogP contribution is 2.10. The van der Waals surface area contributed by atoms with Gasteiger partial charge in [0.25, 0.3) is 0 Å². The van der Waals surface area contributed by atoms with Crippen LogP contribution in [-0.4, -0.2) is 27.2 Å². The number of hydrogen-bond donors (Lipinski definition) is 3. The van der Waals surface area contributed by atoms with Crippen LogP contribution in [0.3, 0.4) is 0 Å². The third kappa shape index (κ3) is 3.79. The lowest BCUT2D eigenvalue weighted by Gasteiger charge is -2.11. The molecule has 7 nitrogen and oxygen atoms in total. The van der Waals surface area contributed by atoms with Crippen LogP contribution in [-0.2, 0) is 17.8 Å². The average molecular weight is 276 g/mol. The topological polar surface area (TPSA) is 114 Å². The molecule has 0 saturated carbocycles. The molecule has 2 rings (SSSR count). The fourth-order valence-electron chi connectivity index (χ4n) is 1.69. The van der Waals surface area contributed by atoms with Gasteiger partial charge in [-0.1, -0.05) is 17.3 Å². The summed E-state index contributed by atoms with van der Waals surface area (Å²) >= 11 is 0. The predicted octanol–water partition coefficient (Wildman–Crippen LogP) is 0.270. The molecule has 7 heteroatoms. The quantitative estimate of drug-likeness (QED) is 0.722. The van der Waals surface area contributed by atoms with Crippen molar-refractivity contribution in [3.8, 4) is 5.75 Å². The second kappa shape index (κ2) is 6.16. The summed E-state index contributed by atoms with van der Waals surface area (Å²) in [5, 5.41) is 15.5. The maximum absolute atomic E-state index is 11.8. The predicted molar refractivity (Wildman–Crippen MR) is 70.7 cm³/mol. The van der Waals surface area contributed by atoms with Gasteiger partial charge in [0, 0.05) is 6.92 Å². The van der Waals surface area contributed by atoms with E-state index >= 15 is 0 Å². The standard InChI is InChI=1S/C13H16N4O3/c1-8-16-12(17-20-8)7-15-13(19)11(14)6-9-2-4-10(18)5-3-9/h2-5,11,18H,6-7,14H2,1H3,(H,15,19). The number of nitrogens with one attached hydrogen (secondary N) is 1. The maximum atomic E-state index is 11.8. The van der Waals surface area contributed by atoms with Crippen molar-refractivity contribution in [1.82, 2.24) is 15.5 Å². The molecule has 4 N–H and O–H groups in total. The highest BCUT2D eigenvalue weighted by Gasteiger charge is 2.14. The zero-order valence-corrected chi connectivity index (χ0v) is 11.0. The van der Waals surface area contributed by atoms with Crippen LogP contribution in [0.1, 0.15) is 17.3 Å². The van der Waals surface area contributed by atoms with Crippen molar-refractivity contribution >= 4 is 5.91 Å². The Kier molecular flexibility index (Phi) is 4.31. The van der Waals surface area contributed by atoms with Gasteiger partial charge in [0.15, 0.2) is 5.82 Å².